The lowest BCUT2D eigenvalue weighted by Crippen LogP contribution is -2.38. The molecule has 6 nitrogen and oxygen atoms in total. The number of amides is 2. The number of hydrogen-bond donors (Lipinski definition) is 0. The maximum absolute atomic E-state index is 12.4. The largest absolute Gasteiger partial charge is 0.469 e. The third-order valence-electron chi connectivity index (χ3n) is 4.45. The van der Waals surface area contributed by atoms with Gasteiger partial charge in [-0.15, -0.1) is 0 Å². The summed E-state index contributed by atoms with van der Waals surface area (Å²) in [6.07, 6.45) is -2.02. The maximum Gasteiger partial charge on any atom is 0.446 e. The van der Waals surface area contributed by atoms with E-state index >= 15 is 0 Å². The second-order valence-corrected chi connectivity index (χ2v) is 6.31. The molecule has 0 spiro atoms. The Balaban J connectivity index is 0.000000380. The number of alkyl halides is 3. The van der Waals surface area contributed by atoms with Crippen LogP contribution in [0.3, 0.4) is 0 Å². The topological polar surface area (TPSA) is 66.9 Å². The number of ether oxygens (including phenoxy) is 1. The van der Waals surface area contributed by atoms with E-state index in [4.69, 9.17) is 4.79 Å². The third kappa shape index (κ3) is 5.70. The fourth-order valence-corrected chi connectivity index (χ4v) is 3.13. The van der Waals surface area contributed by atoms with E-state index in [-0.39, 0.29) is 18.4 Å². The molecule has 2 amide bonds. The first-order valence-electron chi connectivity index (χ1n) is 8.52. The summed E-state index contributed by atoms with van der Waals surface area (Å²) in [5, 5.41) is 0. The number of piperidine rings is 1. The Morgan fingerprint density at radius 3 is 2.41 bits per heavy atom. The van der Waals surface area contributed by atoms with Crippen LogP contribution >= 0.6 is 0 Å². The van der Waals surface area contributed by atoms with Crippen molar-refractivity contribution in [2.45, 2.75) is 37.9 Å². The van der Waals surface area contributed by atoms with E-state index in [9.17, 15) is 22.8 Å². The van der Waals surface area contributed by atoms with Gasteiger partial charge in [0, 0.05) is 18.8 Å². The first-order valence-corrected chi connectivity index (χ1v) is 8.52. The molecule has 0 saturated carbocycles. The zero-order valence-corrected chi connectivity index (χ0v) is 14.9. The van der Waals surface area contributed by atoms with E-state index in [1.165, 1.54) is 13.5 Å². The van der Waals surface area contributed by atoms with E-state index in [1.54, 1.807) is 0 Å². The quantitative estimate of drug-likeness (QED) is 0.592. The Morgan fingerprint density at radius 1 is 1.26 bits per heavy atom. The molecule has 0 radical (unpaired) electrons. The molecule has 0 unspecified atom stereocenters. The Hall–Kier alpha value is -2.58. The predicted molar refractivity (Wildman–Crippen MR) is 91.4 cm³/mol. The van der Waals surface area contributed by atoms with Crippen LogP contribution in [0.15, 0.2) is 24.3 Å². The van der Waals surface area contributed by atoms with Gasteiger partial charge in [-0.3, -0.25) is 14.5 Å². The van der Waals surface area contributed by atoms with Crippen LogP contribution < -0.4 is 4.90 Å². The summed E-state index contributed by atoms with van der Waals surface area (Å²) >= 11 is 0. The van der Waals surface area contributed by atoms with E-state index < -0.39 is 12.5 Å². The molecule has 0 bridgehead atoms. The monoisotopic (exact) mass is 386 g/mol. The molecule has 2 fully saturated rings. The molecule has 0 N–H and O–H groups in total. The lowest BCUT2D eigenvalue weighted by Gasteiger charge is -2.27. The van der Waals surface area contributed by atoms with Crippen molar-refractivity contribution in [3.05, 3.63) is 29.8 Å². The Bertz CT molecular complexity index is 676. The molecule has 2 aliphatic rings. The van der Waals surface area contributed by atoms with Crippen molar-refractivity contribution in [3.63, 3.8) is 0 Å². The zero-order chi connectivity index (χ0) is 20.0. The summed E-state index contributed by atoms with van der Waals surface area (Å²) in [5.41, 5.74) is 1.80. The molecular formula is C18H21F3N2O4. The standard InChI is InChI=1S/C16H20N2O3.C2HF3O/c1-21-15(19)10-12-5-7-13(8-6-12)18-11-14-4-2-3-9-17(14)16(18)20;3-2(4,5)1-6/h5-8,14H,2-4,9-11H2,1H3;1H/t14-;/m0./s1. The number of rotatable bonds is 3. The second kappa shape index (κ2) is 8.88. The lowest BCUT2D eigenvalue weighted by atomic mass is 10.0. The van der Waals surface area contributed by atoms with Crippen LogP contribution in [0.2, 0.25) is 0 Å². The number of methoxy groups -OCH3 is 1. The number of benzene rings is 1. The van der Waals surface area contributed by atoms with Crippen molar-refractivity contribution in [1.29, 1.82) is 0 Å². The number of nitrogens with zero attached hydrogens (tertiary/aromatic N) is 2. The van der Waals surface area contributed by atoms with Crippen molar-refractivity contribution in [2.24, 2.45) is 0 Å². The van der Waals surface area contributed by atoms with Gasteiger partial charge in [0.05, 0.1) is 19.6 Å². The molecule has 1 aromatic rings. The number of urea groups is 1. The molecule has 0 aromatic heterocycles. The molecular weight excluding hydrogens is 365 g/mol. The third-order valence-corrected chi connectivity index (χ3v) is 4.45. The van der Waals surface area contributed by atoms with Crippen LogP contribution in [-0.4, -0.2) is 55.6 Å². The molecule has 2 saturated heterocycles. The number of aldehydes is 1. The second-order valence-electron chi connectivity index (χ2n) is 6.31. The fraction of sp³-hybridized carbons (Fsp3) is 0.500. The van der Waals surface area contributed by atoms with Crippen LogP contribution in [0.5, 0.6) is 0 Å². The minimum Gasteiger partial charge on any atom is -0.469 e. The van der Waals surface area contributed by atoms with Crippen LogP contribution in [0.1, 0.15) is 24.8 Å². The van der Waals surface area contributed by atoms with Gasteiger partial charge in [-0.1, -0.05) is 12.1 Å². The summed E-state index contributed by atoms with van der Waals surface area (Å²) in [4.78, 5) is 36.2. The van der Waals surface area contributed by atoms with Crippen LogP contribution in [-0.2, 0) is 20.7 Å². The highest BCUT2D eigenvalue weighted by molar-refractivity contribution is 5.94. The van der Waals surface area contributed by atoms with Gasteiger partial charge in [-0.25, -0.2) is 4.79 Å². The van der Waals surface area contributed by atoms with Gasteiger partial charge in [0.1, 0.15) is 0 Å². The SMILES string of the molecule is COC(=O)Cc1ccc(N2C[C@@H]3CCCCN3C2=O)cc1.O=CC(F)(F)F. The van der Waals surface area contributed by atoms with E-state index in [0.717, 1.165) is 37.2 Å². The number of fused-ring (bicyclic) bond motifs is 1. The number of hydrogen-bond acceptors (Lipinski definition) is 4. The minimum absolute atomic E-state index is 0.111. The summed E-state index contributed by atoms with van der Waals surface area (Å²) < 4.78 is 35.9. The average Bonchev–Trinajstić information content (AvgIpc) is 2.99. The summed E-state index contributed by atoms with van der Waals surface area (Å²) in [5.74, 6) is -0.253. The normalized spacial score (nSPS) is 19.1. The van der Waals surface area contributed by atoms with Crippen molar-refractivity contribution in [3.8, 4) is 0 Å². The van der Waals surface area contributed by atoms with Gasteiger partial charge >= 0.3 is 18.2 Å². The smallest absolute Gasteiger partial charge is 0.446 e. The Kier molecular flexibility index (Phi) is 6.81. The number of halogens is 3. The minimum atomic E-state index is -4.64. The molecule has 148 valence electrons. The van der Waals surface area contributed by atoms with Gasteiger partial charge < -0.3 is 9.64 Å². The number of carbonyl (C=O) groups is 3. The highest BCUT2D eigenvalue weighted by Crippen LogP contribution is 2.29. The molecule has 9 heteroatoms. The number of esters is 1. The highest BCUT2D eigenvalue weighted by atomic mass is 19.4. The van der Waals surface area contributed by atoms with Crippen molar-refractivity contribution in [2.75, 3.05) is 25.1 Å². The first-order chi connectivity index (χ1) is 12.7. The molecule has 1 atom stereocenters. The number of anilines is 1. The van der Waals surface area contributed by atoms with Crippen molar-refractivity contribution < 1.29 is 32.3 Å². The maximum atomic E-state index is 12.4. The van der Waals surface area contributed by atoms with Gasteiger partial charge in [0.2, 0.25) is 6.29 Å². The van der Waals surface area contributed by atoms with E-state index in [0.29, 0.717) is 6.04 Å². The lowest BCUT2D eigenvalue weighted by molar-refractivity contribution is -0.156. The van der Waals surface area contributed by atoms with Gasteiger partial charge in [0.25, 0.3) is 0 Å². The fourth-order valence-electron chi connectivity index (χ4n) is 3.13. The van der Waals surface area contributed by atoms with Crippen molar-refractivity contribution >= 4 is 24.0 Å². The molecule has 3 rings (SSSR count). The molecule has 2 heterocycles. The van der Waals surface area contributed by atoms with Crippen LogP contribution in [0, 0.1) is 0 Å². The molecule has 27 heavy (non-hydrogen) atoms. The van der Waals surface area contributed by atoms with E-state index in [1.807, 2.05) is 34.1 Å². The first kappa shape index (κ1) is 20.7. The number of carbonyl (C=O) groups excluding carboxylic acids is 3. The van der Waals surface area contributed by atoms with Crippen molar-refractivity contribution in [1.82, 2.24) is 4.90 Å². The average molecular weight is 386 g/mol. The Labute approximate surface area is 154 Å². The van der Waals surface area contributed by atoms with E-state index in [2.05, 4.69) is 4.74 Å². The predicted octanol–water partition coefficient (Wildman–Crippen LogP) is 2.94. The van der Waals surface area contributed by atoms with Gasteiger partial charge in [-0.05, 0) is 37.0 Å². The molecule has 0 aliphatic carbocycles. The van der Waals surface area contributed by atoms with Crippen LogP contribution in [0.25, 0.3) is 0 Å². The van der Waals surface area contributed by atoms with Crippen LogP contribution in [0.4, 0.5) is 23.7 Å². The summed E-state index contributed by atoms with van der Waals surface area (Å²) in [6.45, 7) is 1.65. The molecule has 2 aliphatic heterocycles. The molecule has 1 aromatic carbocycles. The zero-order valence-electron chi connectivity index (χ0n) is 14.9. The summed E-state index contributed by atoms with van der Waals surface area (Å²) in [6, 6.07) is 8.07. The van der Waals surface area contributed by atoms with Gasteiger partial charge in [0.15, 0.2) is 0 Å². The highest BCUT2D eigenvalue weighted by Gasteiger charge is 2.38. The summed E-state index contributed by atoms with van der Waals surface area (Å²) in [7, 11) is 1.38. The Morgan fingerprint density at radius 2 is 1.89 bits per heavy atom. The van der Waals surface area contributed by atoms with Gasteiger partial charge in [-0.2, -0.15) is 13.2 Å².